The molecule has 0 aliphatic carbocycles. The van der Waals surface area contributed by atoms with Crippen LogP contribution < -0.4 is 5.56 Å². The molecule has 5 nitrogen and oxygen atoms in total. The van der Waals surface area contributed by atoms with E-state index < -0.39 is 0 Å². The molecule has 5 heteroatoms. The van der Waals surface area contributed by atoms with Crippen LogP contribution in [0.5, 0.6) is 0 Å². The van der Waals surface area contributed by atoms with E-state index in [1.807, 2.05) is 32.2 Å². The summed E-state index contributed by atoms with van der Waals surface area (Å²) in [6.45, 7) is 6.62. The van der Waals surface area contributed by atoms with Gasteiger partial charge in [-0.3, -0.25) is 4.79 Å². The van der Waals surface area contributed by atoms with Gasteiger partial charge in [0.1, 0.15) is 5.82 Å². The monoisotopic (exact) mass is 325 g/mol. The van der Waals surface area contributed by atoms with E-state index in [1.54, 1.807) is 18.7 Å². The van der Waals surface area contributed by atoms with Gasteiger partial charge in [-0.2, -0.15) is 0 Å². The molecule has 0 aliphatic rings. The molecule has 2 heterocycles. The van der Waals surface area contributed by atoms with Crippen LogP contribution in [-0.2, 0) is 11.8 Å². The van der Waals surface area contributed by atoms with Gasteiger partial charge in [0.25, 0.3) is 5.56 Å². The molecule has 126 valence electrons. The number of ether oxygens (including phenoxy) is 1. The van der Waals surface area contributed by atoms with Gasteiger partial charge in [-0.05, 0) is 50.1 Å². The number of hydrogen-bond donors (Lipinski definition) is 0. The Morgan fingerprint density at radius 3 is 2.62 bits per heavy atom. The number of aromatic nitrogens is 3. The van der Waals surface area contributed by atoms with Crippen molar-refractivity contribution in [3.05, 3.63) is 52.2 Å². The van der Waals surface area contributed by atoms with Gasteiger partial charge in [0, 0.05) is 25.9 Å². The molecule has 0 bridgehead atoms. The highest BCUT2D eigenvalue weighted by Crippen LogP contribution is 2.27. The minimum atomic E-state index is 0.0365. The van der Waals surface area contributed by atoms with Crippen molar-refractivity contribution in [2.24, 2.45) is 7.05 Å². The van der Waals surface area contributed by atoms with E-state index in [-0.39, 0.29) is 11.6 Å². The zero-order chi connectivity index (χ0) is 17.4. The summed E-state index contributed by atoms with van der Waals surface area (Å²) in [5.74, 6) is 0.975. The molecular formula is C19H23N3O2. The van der Waals surface area contributed by atoms with Crippen molar-refractivity contribution in [1.29, 1.82) is 0 Å². The number of methoxy groups -OCH3 is 1. The molecule has 1 unspecified atom stereocenters. The predicted molar refractivity (Wildman–Crippen MR) is 96.5 cm³/mol. The average Bonchev–Trinajstić information content (AvgIpc) is 2.87. The van der Waals surface area contributed by atoms with Crippen LogP contribution in [0, 0.1) is 13.8 Å². The standard InChI is InChI=1S/C19H23N3O2/c1-12-8-16(10-21(4)19(12)23)15-6-7-17-18(9-15)22(14(3)20-17)13(2)11-24-5/h6-10,13H,11H2,1-5H3. The molecule has 2 aromatic heterocycles. The normalized spacial score (nSPS) is 12.7. The van der Waals surface area contributed by atoms with Crippen molar-refractivity contribution in [2.45, 2.75) is 26.8 Å². The van der Waals surface area contributed by atoms with Crippen LogP contribution in [0.25, 0.3) is 22.2 Å². The summed E-state index contributed by atoms with van der Waals surface area (Å²) in [4.78, 5) is 16.6. The van der Waals surface area contributed by atoms with Crippen LogP contribution in [0.3, 0.4) is 0 Å². The summed E-state index contributed by atoms with van der Waals surface area (Å²) >= 11 is 0. The highest BCUT2D eigenvalue weighted by Gasteiger charge is 2.14. The second-order valence-electron chi connectivity index (χ2n) is 6.36. The molecule has 3 rings (SSSR count). The Balaban J connectivity index is 2.18. The van der Waals surface area contributed by atoms with Gasteiger partial charge in [-0.1, -0.05) is 6.07 Å². The van der Waals surface area contributed by atoms with Crippen LogP contribution in [0.2, 0.25) is 0 Å². The lowest BCUT2D eigenvalue weighted by atomic mass is 10.1. The Bertz CT molecular complexity index is 927. The minimum absolute atomic E-state index is 0.0365. The Kier molecular flexibility index (Phi) is 4.28. The van der Waals surface area contributed by atoms with Crippen molar-refractivity contribution in [3.8, 4) is 11.1 Å². The minimum Gasteiger partial charge on any atom is -0.383 e. The molecular weight excluding hydrogens is 302 g/mol. The van der Waals surface area contributed by atoms with Crippen LogP contribution in [0.1, 0.15) is 24.4 Å². The first-order valence-corrected chi connectivity index (χ1v) is 8.07. The molecule has 0 saturated carbocycles. The quantitative estimate of drug-likeness (QED) is 0.740. The van der Waals surface area contributed by atoms with E-state index >= 15 is 0 Å². The molecule has 0 radical (unpaired) electrons. The van der Waals surface area contributed by atoms with Crippen LogP contribution >= 0.6 is 0 Å². The maximum atomic E-state index is 11.9. The van der Waals surface area contributed by atoms with E-state index in [4.69, 9.17) is 4.74 Å². The number of benzene rings is 1. The molecule has 24 heavy (non-hydrogen) atoms. The van der Waals surface area contributed by atoms with Crippen LogP contribution in [-0.4, -0.2) is 27.8 Å². The first-order chi connectivity index (χ1) is 11.4. The van der Waals surface area contributed by atoms with Crippen molar-refractivity contribution in [2.75, 3.05) is 13.7 Å². The second-order valence-corrected chi connectivity index (χ2v) is 6.36. The Hall–Kier alpha value is -2.40. The number of imidazole rings is 1. The summed E-state index contributed by atoms with van der Waals surface area (Å²) in [6.07, 6.45) is 1.88. The summed E-state index contributed by atoms with van der Waals surface area (Å²) < 4.78 is 9.14. The number of nitrogens with zero attached hydrogens (tertiary/aromatic N) is 3. The molecule has 0 aliphatic heterocycles. The lowest BCUT2D eigenvalue weighted by molar-refractivity contribution is 0.163. The summed E-state index contributed by atoms with van der Waals surface area (Å²) in [6, 6.07) is 8.38. The van der Waals surface area contributed by atoms with Gasteiger partial charge in [-0.25, -0.2) is 4.98 Å². The van der Waals surface area contributed by atoms with Crippen molar-refractivity contribution < 1.29 is 4.74 Å². The van der Waals surface area contributed by atoms with Crippen molar-refractivity contribution >= 4 is 11.0 Å². The Morgan fingerprint density at radius 2 is 1.96 bits per heavy atom. The van der Waals surface area contributed by atoms with Gasteiger partial charge in [0.05, 0.1) is 23.7 Å². The molecule has 3 aromatic rings. The first-order valence-electron chi connectivity index (χ1n) is 8.07. The number of aryl methyl sites for hydroxylation is 3. The molecule has 0 amide bonds. The third kappa shape index (κ3) is 2.76. The topological polar surface area (TPSA) is 49.1 Å². The SMILES string of the molecule is COCC(C)n1c(C)nc2ccc(-c3cc(C)c(=O)n(C)c3)cc21. The highest BCUT2D eigenvalue weighted by atomic mass is 16.5. The maximum Gasteiger partial charge on any atom is 0.253 e. The fourth-order valence-electron chi connectivity index (χ4n) is 3.30. The smallest absolute Gasteiger partial charge is 0.253 e. The summed E-state index contributed by atoms with van der Waals surface area (Å²) in [5.41, 5.74) is 4.94. The summed E-state index contributed by atoms with van der Waals surface area (Å²) in [5, 5.41) is 0. The first kappa shape index (κ1) is 16.5. The van der Waals surface area contributed by atoms with E-state index in [0.29, 0.717) is 6.61 Å². The number of rotatable bonds is 4. The molecule has 0 spiro atoms. The van der Waals surface area contributed by atoms with E-state index in [2.05, 4.69) is 28.6 Å². The predicted octanol–water partition coefficient (Wildman–Crippen LogP) is 3.23. The van der Waals surface area contributed by atoms with Crippen molar-refractivity contribution in [1.82, 2.24) is 14.1 Å². The van der Waals surface area contributed by atoms with Gasteiger partial charge < -0.3 is 13.9 Å². The van der Waals surface area contributed by atoms with E-state index in [0.717, 1.165) is 33.5 Å². The van der Waals surface area contributed by atoms with Gasteiger partial charge in [0.2, 0.25) is 0 Å². The largest absolute Gasteiger partial charge is 0.383 e. The van der Waals surface area contributed by atoms with Crippen LogP contribution in [0.15, 0.2) is 35.3 Å². The molecule has 0 saturated heterocycles. The maximum absolute atomic E-state index is 11.9. The van der Waals surface area contributed by atoms with E-state index in [1.165, 1.54) is 0 Å². The zero-order valence-electron chi connectivity index (χ0n) is 14.8. The Morgan fingerprint density at radius 1 is 1.21 bits per heavy atom. The number of fused-ring (bicyclic) bond motifs is 1. The lowest BCUT2D eigenvalue weighted by Crippen LogP contribution is -2.18. The molecule has 1 aromatic carbocycles. The molecule has 0 fully saturated rings. The number of pyridine rings is 1. The van der Waals surface area contributed by atoms with Crippen molar-refractivity contribution in [3.63, 3.8) is 0 Å². The third-order valence-electron chi connectivity index (χ3n) is 4.41. The van der Waals surface area contributed by atoms with E-state index in [9.17, 15) is 4.79 Å². The molecule has 1 atom stereocenters. The third-order valence-corrected chi connectivity index (χ3v) is 4.41. The Labute approximate surface area is 141 Å². The van der Waals surface area contributed by atoms with Gasteiger partial charge in [-0.15, -0.1) is 0 Å². The number of hydrogen-bond acceptors (Lipinski definition) is 3. The fourth-order valence-corrected chi connectivity index (χ4v) is 3.30. The van der Waals surface area contributed by atoms with Gasteiger partial charge >= 0.3 is 0 Å². The summed E-state index contributed by atoms with van der Waals surface area (Å²) in [7, 11) is 3.50. The van der Waals surface area contributed by atoms with Gasteiger partial charge in [0.15, 0.2) is 0 Å². The zero-order valence-corrected chi connectivity index (χ0v) is 14.8. The average molecular weight is 325 g/mol. The highest BCUT2D eigenvalue weighted by molar-refractivity contribution is 5.82. The second kappa shape index (κ2) is 6.24. The fraction of sp³-hybridized carbons (Fsp3) is 0.368. The molecule has 0 N–H and O–H groups in total. The van der Waals surface area contributed by atoms with Crippen LogP contribution in [0.4, 0.5) is 0 Å². The lowest BCUT2D eigenvalue weighted by Gasteiger charge is -2.16.